The van der Waals surface area contributed by atoms with Crippen LogP contribution in [0.5, 0.6) is 0 Å². The maximum atomic E-state index is 12.5. The van der Waals surface area contributed by atoms with Crippen LogP contribution < -0.4 is 10.6 Å². The average Bonchev–Trinajstić information content (AvgIpc) is 2.88. The number of anilines is 1. The van der Waals surface area contributed by atoms with Crippen LogP contribution in [0, 0.1) is 16.7 Å². The van der Waals surface area contributed by atoms with Crippen molar-refractivity contribution in [2.45, 2.75) is 38.1 Å². The zero-order valence-corrected chi connectivity index (χ0v) is 20.6. The van der Waals surface area contributed by atoms with Gasteiger partial charge in [0.1, 0.15) is 0 Å². The number of hydrogen-bond donors (Lipinski definition) is 1. The molecule has 2 amide bonds. The summed E-state index contributed by atoms with van der Waals surface area (Å²) in [5.41, 5.74) is 8.93. The molecule has 7 nitrogen and oxygen atoms in total. The van der Waals surface area contributed by atoms with E-state index in [0.717, 1.165) is 31.2 Å². The summed E-state index contributed by atoms with van der Waals surface area (Å²) in [7, 11) is 4.30. The van der Waals surface area contributed by atoms with Crippen molar-refractivity contribution < 1.29 is 4.79 Å². The van der Waals surface area contributed by atoms with Gasteiger partial charge in [-0.3, -0.25) is 9.80 Å². The highest BCUT2D eigenvalue weighted by molar-refractivity contribution is 5.90. The normalized spacial score (nSPS) is 21.9. The molecule has 2 aromatic carbocycles. The lowest BCUT2D eigenvalue weighted by atomic mass is 9.65. The molecule has 0 atom stereocenters. The monoisotopic (exact) mass is 468 g/mol. The SMILES string of the molecule is CN(C)C1(c2ccccc2)CCC(C)(CN(C(N)=O)c2cnc(-c3cccc(C#N)c3)nc2)CC1. The van der Waals surface area contributed by atoms with E-state index in [-0.39, 0.29) is 11.0 Å². The van der Waals surface area contributed by atoms with E-state index in [2.05, 4.69) is 72.3 Å². The number of primary amides is 1. The fraction of sp³-hybridized carbons (Fsp3) is 0.357. The summed E-state index contributed by atoms with van der Waals surface area (Å²) in [6.45, 7) is 2.74. The third-order valence-corrected chi connectivity index (χ3v) is 7.46. The molecule has 1 saturated carbocycles. The molecule has 1 aromatic heterocycles. The largest absolute Gasteiger partial charge is 0.351 e. The fourth-order valence-corrected chi connectivity index (χ4v) is 5.18. The molecular formula is C28H32N6O. The van der Waals surface area contributed by atoms with Gasteiger partial charge in [0.2, 0.25) is 0 Å². The number of rotatable bonds is 6. The van der Waals surface area contributed by atoms with E-state index in [1.165, 1.54) is 5.56 Å². The molecular weight excluding hydrogens is 436 g/mol. The number of nitriles is 1. The highest BCUT2D eigenvalue weighted by atomic mass is 16.2. The van der Waals surface area contributed by atoms with Crippen molar-refractivity contribution in [2.75, 3.05) is 25.5 Å². The van der Waals surface area contributed by atoms with Crippen molar-refractivity contribution in [3.8, 4) is 17.5 Å². The molecule has 1 heterocycles. The second kappa shape index (κ2) is 9.85. The number of urea groups is 1. The Morgan fingerprint density at radius 1 is 1.03 bits per heavy atom. The van der Waals surface area contributed by atoms with Crippen LogP contribution in [0.1, 0.15) is 43.7 Å². The zero-order chi connectivity index (χ0) is 25.1. The highest BCUT2D eigenvalue weighted by Crippen LogP contribution is 2.48. The summed E-state index contributed by atoms with van der Waals surface area (Å²) >= 11 is 0. The van der Waals surface area contributed by atoms with Crippen LogP contribution in [0.3, 0.4) is 0 Å². The summed E-state index contributed by atoms with van der Waals surface area (Å²) in [4.78, 5) is 25.3. The summed E-state index contributed by atoms with van der Waals surface area (Å²) in [6, 6.07) is 19.4. The molecule has 0 radical (unpaired) electrons. The standard InChI is InChI=1S/C28H32N6O/c1-27(12-14-28(15-13-27,33(2)3)23-10-5-4-6-11-23)20-34(26(30)35)24-18-31-25(32-19-24)22-9-7-8-21(16-22)17-29/h4-11,16,18-19H,12-15,20H2,1-3H3,(H2,30,35). The van der Waals surface area contributed by atoms with Crippen LogP contribution in [0.4, 0.5) is 10.5 Å². The van der Waals surface area contributed by atoms with Crippen LogP contribution in [-0.4, -0.2) is 41.5 Å². The summed E-state index contributed by atoms with van der Waals surface area (Å²) in [6.07, 6.45) is 7.18. The predicted octanol–water partition coefficient (Wildman–Crippen LogP) is 4.94. The second-order valence-corrected chi connectivity index (χ2v) is 9.98. The average molecular weight is 469 g/mol. The summed E-state index contributed by atoms with van der Waals surface area (Å²) in [5, 5.41) is 9.14. The molecule has 180 valence electrons. The van der Waals surface area contributed by atoms with Gasteiger partial charge in [-0.25, -0.2) is 14.8 Å². The van der Waals surface area contributed by atoms with Gasteiger partial charge in [0, 0.05) is 17.6 Å². The Balaban J connectivity index is 1.52. The molecule has 0 unspecified atom stereocenters. The van der Waals surface area contributed by atoms with Crippen LogP contribution in [0.15, 0.2) is 67.0 Å². The number of hydrogen-bond acceptors (Lipinski definition) is 5. The number of nitrogens with two attached hydrogens (primary N) is 1. The van der Waals surface area contributed by atoms with E-state index in [4.69, 9.17) is 11.0 Å². The van der Waals surface area contributed by atoms with Gasteiger partial charge in [0.25, 0.3) is 0 Å². The molecule has 0 aliphatic heterocycles. The minimum absolute atomic E-state index is 0.0129. The van der Waals surface area contributed by atoms with E-state index < -0.39 is 6.03 Å². The number of carbonyl (C=O) groups excluding carboxylic acids is 1. The van der Waals surface area contributed by atoms with Gasteiger partial charge in [-0.15, -0.1) is 0 Å². The maximum Gasteiger partial charge on any atom is 0.319 e. The van der Waals surface area contributed by atoms with Crippen molar-refractivity contribution >= 4 is 11.7 Å². The first-order valence-corrected chi connectivity index (χ1v) is 11.9. The topological polar surface area (TPSA) is 99.1 Å². The molecule has 4 rings (SSSR count). The van der Waals surface area contributed by atoms with E-state index in [9.17, 15) is 4.79 Å². The van der Waals surface area contributed by atoms with Crippen LogP contribution in [0.25, 0.3) is 11.4 Å². The Bertz CT molecular complexity index is 1210. The summed E-state index contributed by atoms with van der Waals surface area (Å²) in [5.74, 6) is 0.498. The minimum atomic E-state index is -0.512. The Kier molecular flexibility index (Phi) is 6.86. The van der Waals surface area contributed by atoms with Crippen molar-refractivity contribution in [3.05, 3.63) is 78.1 Å². The molecule has 0 spiro atoms. The predicted molar refractivity (Wildman–Crippen MR) is 137 cm³/mol. The van der Waals surface area contributed by atoms with Crippen molar-refractivity contribution in [3.63, 3.8) is 0 Å². The minimum Gasteiger partial charge on any atom is -0.351 e. The van der Waals surface area contributed by atoms with E-state index in [1.807, 2.05) is 6.07 Å². The van der Waals surface area contributed by atoms with Crippen molar-refractivity contribution in [1.82, 2.24) is 14.9 Å². The quantitative estimate of drug-likeness (QED) is 0.552. The van der Waals surface area contributed by atoms with Gasteiger partial charge in [0.15, 0.2) is 5.82 Å². The van der Waals surface area contributed by atoms with Crippen molar-refractivity contribution in [1.29, 1.82) is 5.26 Å². The lowest BCUT2D eigenvalue weighted by molar-refractivity contribution is 0.0459. The van der Waals surface area contributed by atoms with Gasteiger partial charge in [-0.1, -0.05) is 49.4 Å². The Morgan fingerprint density at radius 3 is 2.26 bits per heavy atom. The fourth-order valence-electron chi connectivity index (χ4n) is 5.18. The summed E-state index contributed by atoms with van der Waals surface area (Å²) < 4.78 is 0. The maximum absolute atomic E-state index is 12.5. The van der Waals surface area contributed by atoms with Gasteiger partial charge in [0.05, 0.1) is 29.7 Å². The van der Waals surface area contributed by atoms with E-state index in [1.54, 1.807) is 35.5 Å². The van der Waals surface area contributed by atoms with Crippen LogP contribution in [0.2, 0.25) is 0 Å². The number of amides is 2. The van der Waals surface area contributed by atoms with E-state index in [0.29, 0.717) is 23.6 Å². The molecule has 35 heavy (non-hydrogen) atoms. The third-order valence-electron chi connectivity index (χ3n) is 7.46. The van der Waals surface area contributed by atoms with Crippen LogP contribution in [-0.2, 0) is 5.54 Å². The smallest absolute Gasteiger partial charge is 0.319 e. The second-order valence-electron chi connectivity index (χ2n) is 9.98. The van der Waals surface area contributed by atoms with Crippen LogP contribution >= 0.6 is 0 Å². The third kappa shape index (κ3) is 5.03. The number of carbonyl (C=O) groups is 1. The Morgan fingerprint density at radius 2 is 1.69 bits per heavy atom. The molecule has 7 heteroatoms. The first-order valence-electron chi connectivity index (χ1n) is 11.9. The lowest BCUT2D eigenvalue weighted by Gasteiger charge is -2.50. The first kappa shape index (κ1) is 24.4. The van der Waals surface area contributed by atoms with Gasteiger partial charge in [-0.2, -0.15) is 5.26 Å². The van der Waals surface area contributed by atoms with Gasteiger partial charge < -0.3 is 5.73 Å². The molecule has 2 N–H and O–H groups in total. The molecule has 1 aliphatic carbocycles. The Hall–Kier alpha value is -3.76. The lowest BCUT2D eigenvalue weighted by Crippen LogP contribution is -2.50. The highest BCUT2D eigenvalue weighted by Gasteiger charge is 2.44. The molecule has 0 bridgehead atoms. The van der Waals surface area contributed by atoms with E-state index >= 15 is 0 Å². The number of nitrogens with zero attached hydrogens (tertiary/aromatic N) is 5. The molecule has 1 fully saturated rings. The number of aromatic nitrogens is 2. The first-order chi connectivity index (χ1) is 16.8. The number of benzene rings is 2. The molecule has 3 aromatic rings. The van der Waals surface area contributed by atoms with Gasteiger partial charge >= 0.3 is 6.03 Å². The van der Waals surface area contributed by atoms with Crippen molar-refractivity contribution in [2.24, 2.45) is 11.1 Å². The Labute approximate surface area is 207 Å². The van der Waals surface area contributed by atoms with Gasteiger partial charge in [-0.05, 0) is 62.9 Å². The zero-order valence-electron chi connectivity index (χ0n) is 20.6. The molecule has 1 aliphatic rings. The molecule has 0 saturated heterocycles.